The Balaban J connectivity index is 1.65. The van der Waals surface area contributed by atoms with Crippen molar-refractivity contribution in [1.82, 2.24) is 5.32 Å². The van der Waals surface area contributed by atoms with Crippen molar-refractivity contribution in [2.75, 3.05) is 17.3 Å². The molecule has 0 aromatic heterocycles. The number of carbonyl (C=O) groups is 2. The lowest BCUT2D eigenvalue weighted by atomic mass is 9.78. The topological polar surface area (TPSA) is 79.9 Å². The number of nitrogens with one attached hydrogen (secondary N) is 2. The van der Waals surface area contributed by atoms with Crippen molar-refractivity contribution in [1.29, 1.82) is 0 Å². The van der Waals surface area contributed by atoms with Crippen LogP contribution >= 0.6 is 0 Å². The van der Waals surface area contributed by atoms with E-state index in [4.69, 9.17) is 9.47 Å². The van der Waals surface area contributed by atoms with Crippen LogP contribution < -0.4 is 25.0 Å². The third-order valence-electron chi connectivity index (χ3n) is 6.89. The maximum absolute atomic E-state index is 13.9. The predicted octanol–water partition coefficient (Wildman–Crippen LogP) is 5.25. The van der Waals surface area contributed by atoms with Crippen molar-refractivity contribution in [2.24, 2.45) is 5.92 Å². The molecule has 1 fully saturated rings. The summed E-state index contributed by atoms with van der Waals surface area (Å²) in [5.41, 5.74) is 3.84. The molecule has 0 radical (unpaired) electrons. The molecule has 2 heterocycles. The van der Waals surface area contributed by atoms with Gasteiger partial charge in [0.2, 0.25) is 11.6 Å². The van der Waals surface area contributed by atoms with Crippen LogP contribution in [0.3, 0.4) is 0 Å². The van der Waals surface area contributed by atoms with Crippen LogP contribution in [0.2, 0.25) is 0 Å². The highest BCUT2D eigenvalue weighted by molar-refractivity contribution is 6.02. The molecule has 3 aromatic carbocycles. The molecule has 2 aliphatic rings. The van der Waals surface area contributed by atoms with E-state index >= 15 is 0 Å². The molecule has 3 amide bonds. The van der Waals surface area contributed by atoms with Gasteiger partial charge in [0.1, 0.15) is 5.92 Å². The molecule has 2 bridgehead atoms. The Hall–Kier alpha value is -4.00. The first-order chi connectivity index (χ1) is 16.7. The molecule has 2 aliphatic heterocycles. The van der Waals surface area contributed by atoms with Gasteiger partial charge in [-0.1, -0.05) is 42.0 Å². The standard InChI is InChI=1S/C28H29N3O4/c1-16-8-6-9-19(15-16)31-27(33)30-24-20-10-7-11-22(34-5)25(20)35-28(31,4)23(24)26(32)29-21-13-12-17(2)14-18(21)3/h6-15,23-24H,1-5H3,(H,29,32)(H,30,33)/t23-,24-,28+/m1/s1. The largest absolute Gasteiger partial charge is 0.493 e. The van der Waals surface area contributed by atoms with Crippen LogP contribution in [0.4, 0.5) is 16.2 Å². The van der Waals surface area contributed by atoms with Crippen molar-refractivity contribution in [2.45, 2.75) is 39.5 Å². The van der Waals surface area contributed by atoms with Gasteiger partial charge in [-0.05, 0) is 63.1 Å². The third kappa shape index (κ3) is 3.67. The molecule has 1 saturated heterocycles. The summed E-state index contributed by atoms with van der Waals surface area (Å²) in [6.45, 7) is 7.73. The monoisotopic (exact) mass is 471 g/mol. The number of nitrogens with zero attached hydrogens (tertiary/aromatic N) is 1. The summed E-state index contributed by atoms with van der Waals surface area (Å²) in [6.07, 6.45) is 0. The maximum atomic E-state index is 13.9. The van der Waals surface area contributed by atoms with E-state index in [1.165, 1.54) is 4.90 Å². The van der Waals surface area contributed by atoms with Gasteiger partial charge in [-0.25, -0.2) is 4.79 Å². The van der Waals surface area contributed by atoms with E-state index in [1.807, 2.05) is 81.4 Å². The van der Waals surface area contributed by atoms with Crippen LogP contribution in [-0.4, -0.2) is 24.8 Å². The van der Waals surface area contributed by atoms with E-state index in [1.54, 1.807) is 14.0 Å². The molecule has 3 atom stereocenters. The number of fused-ring (bicyclic) bond motifs is 4. The second-order valence-electron chi connectivity index (χ2n) is 9.42. The Morgan fingerprint density at radius 2 is 1.80 bits per heavy atom. The Kier molecular flexibility index (Phi) is 5.43. The van der Waals surface area contributed by atoms with Crippen molar-refractivity contribution < 1.29 is 19.1 Å². The van der Waals surface area contributed by atoms with Gasteiger partial charge in [-0.15, -0.1) is 0 Å². The van der Waals surface area contributed by atoms with Crippen molar-refractivity contribution in [3.8, 4) is 11.5 Å². The van der Waals surface area contributed by atoms with Crippen LogP contribution in [-0.2, 0) is 4.79 Å². The van der Waals surface area contributed by atoms with Gasteiger partial charge in [0.15, 0.2) is 11.5 Å². The first-order valence-electron chi connectivity index (χ1n) is 11.6. The zero-order chi connectivity index (χ0) is 24.9. The third-order valence-corrected chi connectivity index (χ3v) is 6.89. The molecular weight excluding hydrogens is 442 g/mol. The molecule has 7 heteroatoms. The van der Waals surface area contributed by atoms with Gasteiger partial charge in [-0.2, -0.15) is 0 Å². The normalized spacial score (nSPS) is 22.5. The highest BCUT2D eigenvalue weighted by Crippen LogP contribution is 2.52. The predicted molar refractivity (Wildman–Crippen MR) is 135 cm³/mol. The highest BCUT2D eigenvalue weighted by atomic mass is 16.5. The van der Waals surface area contributed by atoms with Gasteiger partial charge in [0.25, 0.3) is 0 Å². The number of amides is 3. The zero-order valence-corrected chi connectivity index (χ0v) is 20.5. The molecule has 35 heavy (non-hydrogen) atoms. The summed E-state index contributed by atoms with van der Waals surface area (Å²) >= 11 is 0. The average molecular weight is 472 g/mol. The van der Waals surface area contributed by atoms with Crippen LogP contribution in [0.25, 0.3) is 0 Å². The van der Waals surface area contributed by atoms with E-state index in [9.17, 15) is 9.59 Å². The smallest absolute Gasteiger partial charge is 0.325 e. The minimum absolute atomic E-state index is 0.240. The second kappa shape index (κ2) is 8.34. The van der Waals surface area contributed by atoms with E-state index in [2.05, 4.69) is 10.6 Å². The minimum atomic E-state index is -1.31. The number of anilines is 2. The fourth-order valence-electron chi connectivity index (χ4n) is 5.25. The first kappa shape index (κ1) is 22.8. The number of urea groups is 1. The Morgan fingerprint density at radius 3 is 2.51 bits per heavy atom. The van der Waals surface area contributed by atoms with Gasteiger partial charge in [0, 0.05) is 16.9 Å². The number of hydrogen-bond donors (Lipinski definition) is 2. The lowest BCUT2D eigenvalue weighted by Crippen LogP contribution is -2.72. The Labute approximate surface area is 205 Å². The molecule has 3 aromatic rings. The first-order valence-corrected chi connectivity index (χ1v) is 11.6. The summed E-state index contributed by atoms with van der Waals surface area (Å²) in [4.78, 5) is 29.0. The minimum Gasteiger partial charge on any atom is -0.493 e. The van der Waals surface area contributed by atoms with E-state index in [0.717, 1.165) is 22.4 Å². The van der Waals surface area contributed by atoms with Crippen LogP contribution in [0.1, 0.15) is 35.2 Å². The number of aryl methyl sites for hydroxylation is 3. The number of para-hydroxylation sites is 1. The van der Waals surface area contributed by atoms with E-state index < -0.39 is 17.7 Å². The van der Waals surface area contributed by atoms with Gasteiger partial charge in [-0.3, -0.25) is 9.69 Å². The number of carbonyl (C=O) groups excluding carboxylic acids is 2. The summed E-state index contributed by atoms with van der Waals surface area (Å²) in [5, 5.41) is 6.17. The summed E-state index contributed by atoms with van der Waals surface area (Å²) in [5.74, 6) is 0.0830. The van der Waals surface area contributed by atoms with Crippen molar-refractivity contribution >= 4 is 23.3 Å². The number of rotatable bonds is 4. The van der Waals surface area contributed by atoms with Gasteiger partial charge >= 0.3 is 6.03 Å². The summed E-state index contributed by atoms with van der Waals surface area (Å²) in [7, 11) is 1.58. The Bertz CT molecular complexity index is 1340. The number of ether oxygens (including phenoxy) is 2. The quantitative estimate of drug-likeness (QED) is 0.544. The molecule has 0 unspecified atom stereocenters. The van der Waals surface area contributed by atoms with Crippen LogP contribution in [0.15, 0.2) is 60.7 Å². The van der Waals surface area contributed by atoms with E-state index in [0.29, 0.717) is 22.7 Å². The molecule has 0 saturated carbocycles. The molecule has 0 aliphatic carbocycles. The highest BCUT2D eigenvalue weighted by Gasteiger charge is 2.60. The van der Waals surface area contributed by atoms with Gasteiger partial charge in [0.05, 0.1) is 13.2 Å². The Morgan fingerprint density at radius 1 is 1.06 bits per heavy atom. The molecule has 5 rings (SSSR count). The average Bonchev–Trinajstić information content (AvgIpc) is 2.80. The second-order valence-corrected chi connectivity index (χ2v) is 9.42. The fraction of sp³-hybridized carbons (Fsp3) is 0.286. The molecule has 7 nitrogen and oxygen atoms in total. The summed E-state index contributed by atoms with van der Waals surface area (Å²) < 4.78 is 12.2. The van der Waals surface area contributed by atoms with E-state index in [-0.39, 0.29) is 11.9 Å². The molecule has 0 spiro atoms. The lowest BCUT2D eigenvalue weighted by molar-refractivity contribution is -0.131. The van der Waals surface area contributed by atoms with Crippen molar-refractivity contribution in [3.05, 3.63) is 82.9 Å². The SMILES string of the molecule is COc1cccc2c1O[C@@]1(C)[C@@H](C(=O)Nc3ccc(C)cc3C)[C@@H]2NC(=O)N1c1cccc(C)c1. The molecule has 180 valence electrons. The van der Waals surface area contributed by atoms with Crippen molar-refractivity contribution in [3.63, 3.8) is 0 Å². The molecule has 2 N–H and O–H groups in total. The van der Waals surface area contributed by atoms with Crippen LogP contribution in [0.5, 0.6) is 11.5 Å². The fourth-order valence-corrected chi connectivity index (χ4v) is 5.25. The zero-order valence-electron chi connectivity index (χ0n) is 20.5. The van der Waals surface area contributed by atoms with Crippen LogP contribution in [0, 0.1) is 26.7 Å². The maximum Gasteiger partial charge on any atom is 0.325 e. The summed E-state index contributed by atoms with van der Waals surface area (Å²) in [6, 6.07) is 18.1. The lowest BCUT2D eigenvalue weighted by Gasteiger charge is -2.54. The number of hydrogen-bond acceptors (Lipinski definition) is 4. The molecular formula is C28H29N3O4. The number of benzene rings is 3. The van der Waals surface area contributed by atoms with Gasteiger partial charge < -0.3 is 20.1 Å². The number of methoxy groups -OCH3 is 1.